The van der Waals surface area contributed by atoms with Crippen LogP contribution in [-0.4, -0.2) is 48.9 Å². The summed E-state index contributed by atoms with van der Waals surface area (Å²) < 4.78 is 16.7. The number of piperidine rings is 1. The van der Waals surface area contributed by atoms with E-state index in [-0.39, 0.29) is 18.6 Å². The van der Waals surface area contributed by atoms with Crippen molar-refractivity contribution in [2.24, 2.45) is 5.92 Å². The molecular formula is C22H32ClNO5. The van der Waals surface area contributed by atoms with Crippen LogP contribution in [0.4, 0.5) is 4.79 Å². The molecule has 0 aliphatic carbocycles. The highest BCUT2D eigenvalue weighted by Gasteiger charge is 2.41. The Hall–Kier alpha value is -1.79. The average molecular weight is 426 g/mol. The molecule has 1 amide bonds. The molecule has 1 heterocycles. The Labute approximate surface area is 178 Å². The van der Waals surface area contributed by atoms with Gasteiger partial charge in [0.25, 0.3) is 0 Å². The zero-order valence-electron chi connectivity index (χ0n) is 18.0. The zero-order valence-corrected chi connectivity index (χ0v) is 18.8. The minimum Gasteiger partial charge on any atom is -0.464 e. The van der Waals surface area contributed by atoms with Gasteiger partial charge in [-0.15, -0.1) is 0 Å². The fourth-order valence-electron chi connectivity index (χ4n) is 3.56. The predicted molar refractivity (Wildman–Crippen MR) is 112 cm³/mol. The highest BCUT2D eigenvalue weighted by molar-refractivity contribution is 6.30. The Morgan fingerprint density at radius 2 is 1.97 bits per heavy atom. The van der Waals surface area contributed by atoms with E-state index in [9.17, 15) is 9.59 Å². The minimum absolute atomic E-state index is 0.0309. The monoisotopic (exact) mass is 425 g/mol. The Morgan fingerprint density at radius 1 is 1.24 bits per heavy atom. The quantitative estimate of drug-likeness (QED) is 0.613. The number of carbonyl (C=O) groups is 2. The molecular weight excluding hydrogens is 394 g/mol. The molecule has 2 unspecified atom stereocenters. The van der Waals surface area contributed by atoms with E-state index < -0.39 is 17.2 Å². The lowest BCUT2D eigenvalue weighted by molar-refractivity contribution is -0.162. The Balaban J connectivity index is 2.25. The fourth-order valence-corrected chi connectivity index (χ4v) is 3.76. The van der Waals surface area contributed by atoms with Crippen LogP contribution < -0.4 is 0 Å². The topological polar surface area (TPSA) is 65.1 Å². The number of amides is 1. The van der Waals surface area contributed by atoms with E-state index in [0.717, 1.165) is 18.4 Å². The van der Waals surface area contributed by atoms with Gasteiger partial charge < -0.3 is 19.1 Å². The molecule has 0 saturated carbocycles. The van der Waals surface area contributed by atoms with Gasteiger partial charge >= 0.3 is 12.1 Å². The van der Waals surface area contributed by atoms with E-state index in [2.05, 4.69) is 0 Å². The summed E-state index contributed by atoms with van der Waals surface area (Å²) in [5.41, 5.74) is -0.496. The number of hydrogen-bond donors (Lipinski definition) is 0. The van der Waals surface area contributed by atoms with Crippen molar-refractivity contribution in [1.29, 1.82) is 0 Å². The summed E-state index contributed by atoms with van der Waals surface area (Å²) >= 11 is 6.22. The first kappa shape index (κ1) is 23.5. The van der Waals surface area contributed by atoms with E-state index in [1.807, 2.05) is 45.9 Å². The standard InChI is InChI=1S/C22H32ClNO5/c1-6-27-19(25)15-28-22(5,16-9-7-11-18(23)13-16)17-10-8-12-24(14-17)20(26)29-21(2,3)4/h7,9,11,13,17H,6,8,10,12,14-15H2,1-5H3. The summed E-state index contributed by atoms with van der Waals surface area (Å²) in [5, 5.41) is 0.591. The highest BCUT2D eigenvalue weighted by Crippen LogP contribution is 2.39. The van der Waals surface area contributed by atoms with Crippen molar-refractivity contribution in [3.63, 3.8) is 0 Å². The van der Waals surface area contributed by atoms with Gasteiger partial charge in [0.2, 0.25) is 0 Å². The first-order valence-corrected chi connectivity index (χ1v) is 10.5. The van der Waals surface area contributed by atoms with Crippen LogP contribution in [0, 0.1) is 5.92 Å². The summed E-state index contributed by atoms with van der Waals surface area (Å²) in [4.78, 5) is 26.3. The maximum absolute atomic E-state index is 12.6. The van der Waals surface area contributed by atoms with Crippen LogP contribution in [0.2, 0.25) is 5.02 Å². The minimum atomic E-state index is -0.807. The van der Waals surface area contributed by atoms with Crippen LogP contribution in [0.5, 0.6) is 0 Å². The number of hydrogen-bond acceptors (Lipinski definition) is 5. The molecule has 2 rings (SSSR count). The normalized spacial score (nSPS) is 19.4. The molecule has 29 heavy (non-hydrogen) atoms. The molecule has 0 bridgehead atoms. The molecule has 1 fully saturated rings. The van der Waals surface area contributed by atoms with Gasteiger partial charge in [-0.25, -0.2) is 9.59 Å². The third-order valence-corrected chi connectivity index (χ3v) is 5.28. The van der Waals surface area contributed by atoms with Gasteiger partial charge in [-0.3, -0.25) is 0 Å². The number of likely N-dealkylation sites (tertiary alicyclic amines) is 1. The molecule has 1 saturated heterocycles. The lowest BCUT2D eigenvalue weighted by atomic mass is 9.78. The summed E-state index contributed by atoms with van der Waals surface area (Å²) in [7, 11) is 0. The maximum Gasteiger partial charge on any atom is 0.410 e. The van der Waals surface area contributed by atoms with E-state index in [0.29, 0.717) is 24.7 Å². The SMILES string of the molecule is CCOC(=O)COC(C)(c1cccc(Cl)c1)C1CCCN(C(=O)OC(C)(C)C)C1. The first-order valence-electron chi connectivity index (χ1n) is 10.1. The molecule has 1 aromatic carbocycles. The number of benzene rings is 1. The largest absolute Gasteiger partial charge is 0.464 e. The van der Waals surface area contributed by atoms with Gasteiger partial charge in [-0.1, -0.05) is 23.7 Å². The Kier molecular flexibility index (Phi) is 7.94. The summed E-state index contributed by atoms with van der Waals surface area (Å²) in [6, 6.07) is 7.44. The maximum atomic E-state index is 12.6. The third kappa shape index (κ3) is 6.61. The van der Waals surface area contributed by atoms with Crippen LogP contribution >= 0.6 is 11.6 Å². The van der Waals surface area contributed by atoms with E-state index >= 15 is 0 Å². The molecule has 0 N–H and O–H groups in total. The molecule has 0 spiro atoms. The number of nitrogens with zero attached hydrogens (tertiary/aromatic N) is 1. The highest BCUT2D eigenvalue weighted by atomic mass is 35.5. The van der Waals surface area contributed by atoms with Crippen molar-refractivity contribution in [1.82, 2.24) is 4.90 Å². The van der Waals surface area contributed by atoms with Crippen molar-refractivity contribution < 1.29 is 23.8 Å². The van der Waals surface area contributed by atoms with E-state index in [1.165, 1.54) is 0 Å². The van der Waals surface area contributed by atoms with Crippen molar-refractivity contribution >= 4 is 23.7 Å². The molecule has 1 aromatic rings. The lowest BCUT2D eigenvalue weighted by Crippen LogP contribution is -2.49. The molecule has 7 heteroatoms. The van der Waals surface area contributed by atoms with Gasteiger partial charge in [0.15, 0.2) is 0 Å². The van der Waals surface area contributed by atoms with Crippen molar-refractivity contribution in [3.05, 3.63) is 34.9 Å². The van der Waals surface area contributed by atoms with Crippen molar-refractivity contribution in [2.45, 2.75) is 58.7 Å². The number of rotatable bonds is 6. The molecule has 6 nitrogen and oxygen atoms in total. The molecule has 0 radical (unpaired) electrons. The smallest absolute Gasteiger partial charge is 0.410 e. The van der Waals surface area contributed by atoms with Crippen LogP contribution in [0.1, 0.15) is 53.0 Å². The van der Waals surface area contributed by atoms with Gasteiger partial charge in [0.1, 0.15) is 12.2 Å². The van der Waals surface area contributed by atoms with E-state index in [1.54, 1.807) is 17.9 Å². The second-order valence-corrected chi connectivity index (χ2v) is 8.91. The average Bonchev–Trinajstić information content (AvgIpc) is 2.65. The number of ether oxygens (including phenoxy) is 3. The number of esters is 1. The van der Waals surface area contributed by atoms with E-state index in [4.69, 9.17) is 25.8 Å². The van der Waals surface area contributed by atoms with Crippen LogP contribution in [0.3, 0.4) is 0 Å². The van der Waals surface area contributed by atoms with Gasteiger partial charge in [0, 0.05) is 24.0 Å². The van der Waals surface area contributed by atoms with Gasteiger partial charge in [0.05, 0.1) is 12.2 Å². The zero-order chi connectivity index (χ0) is 21.7. The van der Waals surface area contributed by atoms with Crippen LogP contribution in [-0.2, 0) is 24.6 Å². The van der Waals surface area contributed by atoms with Crippen LogP contribution in [0.25, 0.3) is 0 Å². The number of carbonyl (C=O) groups excluding carboxylic acids is 2. The second kappa shape index (κ2) is 9.81. The molecule has 1 aliphatic heterocycles. The fraction of sp³-hybridized carbons (Fsp3) is 0.636. The second-order valence-electron chi connectivity index (χ2n) is 8.48. The van der Waals surface area contributed by atoms with Gasteiger partial charge in [-0.05, 0) is 65.2 Å². The first-order chi connectivity index (χ1) is 13.5. The number of halogens is 1. The van der Waals surface area contributed by atoms with Crippen molar-refractivity contribution in [2.75, 3.05) is 26.3 Å². The predicted octanol–water partition coefficient (Wildman–Crippen LogP) is 4.78. The Morgan fingerprint density at radius 3 is 2.59 bits per heavy atom. The molecule has 0 aromatic heterocycles. The third-order valence-electron chi connectivity index (χ3n) is 5.05. The van der Waals surface area contributed by atoms with Crippen molar-refractivity contribution in [3.8, 4) is 0 Å². The molecule has 162 valence electrons. The van der Waals surface area contributed by atoms with Crippen LogP contribution in [0.15, 0.2) is 24.3 Å². The summed E-state index contributed by atoms with van der Waals surface area (Å²) in [6.07, 6.45) is 1.34. The lowest BCUT2D eigenvalue weighted by Gasteiger charge is -2.43. The summed E-state index contributed by atoms with van der Waals surface area (Å²) in [5.74, 6) is -0.447. The van der Waals surface area contributed by atoms with Gasteiger partial charge in [-0.2, -0.15) is 0 Å². The Bertz CT molecular complexity index is 717. The molecule has 2 atom stereocenters. The molecule has 1 aliphatic rings. The summed E-state index contributed by atoms with van der Waals surface area (Å²) in [6.45, 7) is 10.5.